The monoisotopic (exact) mass is 406 g/mol. The van der Waals surface area contributed by atoms with Crippen molar-refractivity contribution in [3.8, 4) is 17.2 Å². The fraction of sp³-hybridized carbons (Fsp3) is 0.150. The molecule has 1 amide bonds. The van der Waals surface area contributed by atoms with Gasteiger partial charge >= 0.3 is 0 Å². The number of methoxy groups -OCH3 is 2. The fourth-order valence-electron chi connectivity index (χ4n) is 2.88. The topological polar surface area (TPSA) is 113 Å². The van der Waals surface area contributed by atoms with Gasteiger partial charge in [-0.2, -0.15) is 4.68 Å². The van der Waals surface area contributed by atoms with Crippen molar-refractivity contribution < 1.29 is 14.3 Å². The molecule has 10 heteroatoms. The van der Waals surface area contributed by atoms with E-state index in [4.69, 9.17) is 9.47 Å². The summed E-state index contributed by atoms with van der Waals surface area (Å²) in [6.45, 7) is -0.205. The van der Waals surface area contributed by atoms with Crippen LogP contribution < -0.4 is 20.3 Å². The van der Waals surface area contributed by atoms with Crippen molar-refractivity contribution in [3.63, 3.8) is 0 Å². The van der Waals surface area contributed by atoms with E-state index < -0.39 is 5.56 Å². The first-order valence-electron chi connectivity index (χ1n) is 8.98. The average Bonchev–Trinajstić information content (AvgIpc) is 3.21. The number of carbonyl (C=O) groups is 1. The number of carbonyl (C=O) groups excluding carboxylic acids is 1. The molecule has 0 spiro atoms. The Kier molecular flexibility index (Phi) is 5.12. The van der Waals surface area contributed by atoms with E-state index in [1.807, 2.05) is 0 Å². The van der Waals surface area contributed by atoms with Gasteiger partial charge in [0.1, 0.15) is 24.4 Å². The Morgan fingerprint density at radius 2 is 1.63 bits per heavy atom. The molecule has 1 N–H and O–H groups in total. The van der Waals surface area contributed by atoms with E-state index in [1.165, 1.54) is 15.6 Å². The largest absolute Gasteiger partial charge is 0.497 e. The van der Waals surface area contributed by atoms with E-state index in [0.717, 1.165) is 0 Å². The van der Waals surface area contributed by atoms with Gasteiger partial charge in [0, 0.05) is 5.69 Å². The van der Waals surface area contributed by atoms with Gasteiger partial charge in [-0.25, -0.2) is 4.98 Å². The molecule has 0 saturated heterocycles. The lowest BCUT2D eigenvalue weighted by Gasteiger charge is -2.08. The third kappa shape index (κ3) is 3.70. The number of rotatable bonds is 6. The smallest absolute Gasteiger partial charge is 0.284 e. The molecule has 0 aliphatic heterocycles. The number of benzene rings is 2. The summed E-state index contributed by atoms with van der Waals surface area (Å²) in [4.78, 5) is 29.3. The van der Waals surface area contributed by atoms with Gasteiger partial charge in [-0.1, -0.05) is 5.21 Å². The number of nitrogens with zero attached hydrogens (tertiary/aromatic N) is 5. The highest BCUT2D eigenvalue weighted by atomic mass is 16.5. The number of fused-ring (bicyclic) bond motifs is 1. The predicted octanol–water partition coefficient (Wildman–Crippen LogP) is 1.63. The number of nitrogens with one attached hydrogen (secondary N) is 1. The Morgan fingerprint density at radius 1 is 1.00 bits per heavy atom. The molecule has 0 unspecified atom stereocenters. The predicted molar refractivity (Wildman–Crippen MR) is 109 cm³/mol. The molecule has 0 radical (unpaired) electrons. The first-order chi connectivity index (χ1) is 14.6. The Bertz CT molecular complexity index is 1250. The van der Waals surface area contributed by atoms with Gasteiger partial charge in [-0.05, 0) is 48.5 Å². The second-order valence-electron chi connectivity index (χ2n) is 6.33. The molecule has 0 atom stereocenters. The van der Waals surface area contributed by atoms with Crippen LogP contribution in [0.15, 0.2) is 59.7 Å². The van der Waals surface area contributed by atoms with Crippen molar-refractivity contribution in [1.29, 1.82) is 0 Å². The summed E-state index contributed by atoms with van der Waals surface area (Å²) in [5.41, 5.74) is 1.20. The van der Waals surface area contributed by atoms with E-state index in [0.29, 0.717) is 28.5 Å². The standard InChI is InChI=1S/C20H18N6O4/c1-29-15-7-3-13(4-8-15)22-17(27)11-25-12-21-19-18(20(25)28)23-24-26(19)14-5-9-16(30-2)10-6-14/h3-10,12H,11H2,1-2H3,(H,22,27). The van der Waals surface area contributed by atoms with E-state index in [9.17, 15) is 9.59 Å². The lowest BCUT2D eigenvalue weighted by atomic mass is 10.3. The zero-order valence-corrected chi connectivity index (χ0v) is 16.3. The van der Waals surface area contributed by atoms with Crippen LogP contribution in [0.25, 0.3) is 16.9 Å². The number of ether oxygens (including phenoxy) is 2. The Hall–Kier alpha value is -4.21. The van der Waals surface area contributed by atoms with Gasteiger partial charge < -0.3 is 14.8 Å². The summed E-state index contributed by atoms with van der Waals surface area (Å²) in [5, 5.41) is 10.7. The van der Waals surface area contributed by atoms with Crippen molar-refractivity contribution >= 4 is 22.8 Å². The van der Waals surface area contributed by atoms with Crippen molar-refractivity contribution in [1.82, 2.24) is 24.5 Å². The van der Waals surface area contributed by atoms with Gasteiger partial charge in [0.05, 0.1) is 19.9 Å². The maximum Gasteiger partial charge on any atom is 0.284 e. The SMILES string of the molecule is COc1ccc(NC(=O)Cn2cnc3c(nnn3-c3ccc(OC)cc3)c2=O)cc1. The molecule has 0 bridgehead atoms. The second kappa shape index (κ2) is 8.03. The summed E-state index contributed by atoms with van der Waals surface area (Å²) < 4.78 is 12.9. The molecule has 4 aromatic rings. The van der Waals surface area contributed by atoms with Gasteiger partial charge in [0.25, 0.3) is 5.56 Å². The highest BCUT2D eigenvalue weighted by Crippen LogP contribution is 2.17. The minimum absolute atomic E-state index is 0.0746. The molecule has 2 aromatic heterocycles. The summed E-state index contributed by atoms with van der Waals surface area (Å²) in [6.07, 6.45) is 1.31. The van der Waals surface area contributed by atoms with Crippen LogP contribution in [0.3, 0.4) is 0 Å². The lowest BCUT2D eigenvalue weighted by molar-refractivity contribution is -0.116. The molecular weight excluding hydrogens is 388 g/mol. The number of aromatic nitrogens is 5. The lowest BCUT2D eigenvalue weighted by Crippen LogP contribution is -2.28. The molecule has 152 valence electrons. The van der Waals surface area contributed by atoms with Gasteiger partial charge in [-0.15, -0.1) is 5.10 Å². The summed E-state index contributed by atoms with van der Waals surface area (Å²) in [5.74, 6) is 1.01. The van der Waals surface area contributed by atoms with Crippen molar-refractivity contribution in [2.45, 2.75) is 6.54 Å². The molecule has 0 aliphatic carbocycles. The van der Waals surface area contributed by atoms with Crippen LogP contribution in [-0.4, -0.2) is 44.7 Å². The average molecular weight is 406 g/mol. The number of anilines is 1. The normalized spacial score (nSPS) is 10.7. The first kappa shape index (κ1) is 19.1. The van der Waals surface area contributed by atoms with E-state index in [2.05, 4.69) is 20.6 Å². The summed E-state index contributed by atoms with van der Waals surface area (Å²) in [7, 11) is 3.14. The van der Waals surface area contributed by atoms with E-state index in [-0.39, 0.29) is 18.0 Å². The molecule has 0 saturated carbocycles. The maximum atomic E-state index is 12.7. The van der Waals surface area contributed by atoms with Crippen LogP contribution in [-0.2, 0) is 11.3 Å². The van der Waals surface area contributed by atoms with Crippen LogP contribution in [0.4, 0.5) is 5.69 Å². The minimum Gasteiger partial charge on any atom is -0.497 e. The molecular formula is C20H18N6O4. The highest BCUT2D eigenvalue weighted by molar-refractivity contribution is 5.90. The van der Waals surface area contributed by atoms with Crippen molar-refractivity contribution in [3.05, 3.63) is 65.2 Å². The number of amides is 1. The van der Waals surface area contributed by atoms with Gasteiger partial charge in [-0.3, -0.25) is 14.2 Å². The van der Waals surface area contributed by atoms with Crippen LogP contribution in [0.5, 0.6) is 11.5 Å². The molecule has 30 heavy (non-hydrogen) atoms. The Morgan fingerprint density at radius 3 is 2.27 bits per heavy atom. The molecule has 10 nitrogen and oxygen atoms in total. The fourth-order valence-corrected chi connectivity index (χ4v) is 2.88. The van der Waals surface area contributed by atoms with Crippen LogP contribution in [0, 0.1) is 0 Å². The van der Waals surface area contributed by atoms with Gasteiger partial charge in [0.2, 0.25) is 5.91 Å². The third-order valence-electron chi connectivity index (χ3n) is 4.43. The van der Waals surface area contributed by atoms with Crippen LogP contribution in [0.2, 0.25) is 0 Å². The summed E-state index contributed by atoms with van der Waals surface area (Å²) in [6, 6.07) is 14.0. The second-order valence-corrected chi connectivity index (χ2v) is 6.33. The molecule has 2 heterocycles. The third-order valence-corrected chi connectivity index (χ3v) is 4.43. The van der Waals surface area contributed by atoms with Crippen molar-refractivity contribution in [2.24, 2.45) is 0 Å². The van der Waals surface area contributed by atoms with Gasteiger partial charge in [0.15, 0.2) is 11.2 Å². The number of hydrogen-bond acceptors (Lipinski definition) is 7. The maximum absolute atomic E-state index is 12.7. The molecule has 0 fully saturated rings. The van der Waals surface area contributed by atoms with E-state index >= 15 is 0 Å². The molecule has 2 aromatic carbocycles. The molecule has 0 aliphatic rings. The highest BCUT2D eigenvalue weighted by Gasteiger charge is 2.15. The van der Waals surface area contributed by atoms with Crippen LogP contribution in [0.1, 0.15) is 0 Å². The number of hydrogen-bond donors (Lipinski definition) is 1. The molecule has 4 rings (SSSR count). The quantitative estimate of drug-likeness (QED) is 0.518. The first-order valence-corrected chi connectivity index (χ1v) is 8.98. The van der Waals surface area contributed by atoms with E-state index in [1.54, 1.807) is 62.8 Å². The summed E-state index contributed by atoms with van der Waals surface area (Å²) >= 11 is 0. The zero-order valence-electron chi connectivity index (χ0n) is 16.3. The minimum atomic E-state index is -0.454. The Labute approximate surface area is 170 Å². The Balaban J connectivity index is 1.56. The van der Waals surface area contributed by atoms with Crippen molar-refractivity contribution in [2.75, 3.05) is 19.5 Å². The van der Waals surface area contributed by atoms with Crippen LogP contribution >= 0.6 is 0 Å². The zero-order chi connectivity index (χ0) is 21.1.